The van der Waals surface area contributed by atoms with E-state index in [-0.39, 0.29) is 11.5 Å². The van der Waals surface area contributed by atoms with Crippen molar-refractivity contribution in [1.82, 2.24) is 10.3 Å². The molecule has 0 fully saturated rings. The highest BCUT2D eigenvalue weighted by molar-refractivity contribution is 6.10. The number of pyridine rings is 1. The Morgan fingerprint density at radius 1 is 1.10 bits per heavy atom. The summed E-state index contributed by atoms with van der Waals surface area (Å²) < 4.78 is 19.0. The largest absolute Gasteiger partial charge is 0.497 e. The molecule has 6 nitrogen and oxygen atoms in total. The molecule has 1 aromatic heterocycles. The van der Waals surface area contributed by atoms with Crippen LogP contribution in [0.4, 0.5) is 10.1 Å². The number of guanidine groups is 1. The lowest BCUT2D eigenvalue weighted by Crippen LogP contribution is -2.36. The smallest absolute Gasteiger partial charge is 0.258 e. The van der Waals surface area contributed by atoms with E-state index in [0.29, 0.717) is 17.9 Å². The van der Waals surface area contributed by atoms with Gasteiger partial charge in [-0.2, -0.15) is 0 Å². The molecular weight excluding hydrogens is 371 g/mol. The Labute approximate surface area is 168 Å². The number of hydrogen-bond acceptors (Lipinski definition) is 4. The molecule has 2 aromatic carbocycles. The number of methoxy groups -OCH3 is 1. The van der Waals surface area contributed by atoms with Crippen molar-refractivity contribution in [3.63, 3.8) is 0 Å². The minimum absolute atomic E-state index is 0.209. The zero-order valence-corrected chi connectivity index (χ0v) is 16.1. The number of benzene rings is 2. The highest BCUT2D eigenvalue weighted by Gasteiger charge is 2.11. The van der Waals surface area contributed by atoms with Gasteiger partial charge in [0.25, 0.3) is 5.91 Å². The molecule has 0 aliphatic heterocycles. The molecule has 0 atom stereocenters. The minimum atomic E-state index is -0.460. The van der Waals surface area contributed by atoms with E-state index in [1.807, 2.05) is 12.1 Å². The van der Waals surface area contributed by atoms with E-state index < -0.39 is 11.7 Å². The Hall–Kier alpha value is -3.74. The lowest BCUT2D eigenvalue weighted by molar-refractivity contribution is 0.0976. The summed E-state index contributed by atoms with van der Waals surface area (Å²) in [7, 11) is 1.59. The Morgan fingerprint density at radius 2 is 1.83 bits per heavy atom. The number of hydrogen-bond donors (Lipinski definition) is 2. The maximum Gasteiger partial charge on any atom is 0.258 e. The van der Waals surface area contributed by atoms with Crippen LogP contribution in [-0.4, -0.2) is 24.0 Å². The molecule has 1 amide bonds. The van der Waals surface area contributed by atoms with Crippen LogP contribution in [0.1, 0.15) is 21.5 Å². The van der Waals surface area contributed by atoms with E-state index in [9.17, 15) is 9.18 Å². The van der Waals surface area contributed by atoms with Crippen molar-refractivity contribution in [2.45, 2.75) is 13.5 Å². The van der Waals surface area contributed by atoms with E-state index in [4.69, 9.17) is 4.74 Å². The van der Waals surface area contributed by atoms with Gasteiger partial charge in [-0.05, 0) is 66.6 Å². The number of aliphatic imine (C=N–C) groups is 1. The van der Waals surface area contributed by atoms with Crippen LogP contribution < -0.4 is 15.4 Å². The summed E-state index contributed by atoms with van der Waals surface area (Å²) in [6.45, 7) is 1.98. The molecule has 0 unspecified atom stereocenters. The normalized spacial score (nSPS) is 11.1. The third-order valence-corrected chi connectivity index (χ3v) is 4.19. The monoisotopic (exact) mass is 392 g/mol. The predicted octanol–water partition coefficient (Wildman–Crippen LogP) is 3.94. The van der Waals surface area contributed by atoms with Crippen molar-refractivity contribution in [3.8, 4) is 5.75 Å². The maximum absolute atomic E-state index is 13.8. The number of aryl methyl sites for hydroxylation is 1. The highest BCUT2D eigenvalue weighted by Crippen LogP contribution is 2.15. The van der Waals surface area contributed by atoms with E-state index in [2.05, 4.69) is 20.6 Å². The average molecular weight is 392 g/mol. The molecule has 1 heterocycles. The van der Waals surface area contributed by atoms with Crippen molar-refractivity contribution in [2.75, 3.05) is 12.4 Å². The molecule has 0 radical (unpaired) electrons. The van der Waals surface area contributed by atoms with Gasteiger partial charge in [-0.25, -0.2) is 9.38 Å². The quantitative estimate of drug-likeness (QED) is 0.509. The predicted molar refractivity (Wildman–Crippen MR) is 111 cm³/mol. The molecule has 0 saturated heterocycles. The zero-order chi connectivity index (χ0) is 20.6. The van der Waals surface area contributed by atoms with Crippen LogP contribution >= 0.6 is 0 Å². The van der Waals surface area contributed by atoms with Crippen LogP contribution in [0.2, 0.25) is 0 Å². The van der Waals surface area contributed by atoms with Crippen molar-refractivity contribution in [2.24, 2.45) is 4.99 Å². The number of carbonyl (C=O) groups is 1. The molecule has 0 spiro atoms. The number of anilines is 1. The summed E-state index contributed by atoms with van der Waals surface area (Å²) in [4.78, 5) is 21.0. The lowest BCUT2D eigenvalue weighted by Gasteiger charge is -2.13. The maximum atomic E-state index is 13.8. The van der Waals surface area contributed by atoms with Gasteiger partial charge < -0.3 is 10.1 Å². The Morgan fingerprint density at radius 3 is 2.48 bits per heavy atom. The van der Waals surface area contributed by atoms with Crippen LogP contribution in [0.25, 0.3) is 0 Å². The molecule has 2 N–H and O–H groups in total. The minimum Gasteiger partial charge on any atom is -0.497 e. The third-order valence-electron chi connectivity index (χ3n) is 4.19. The first-order chi connectivity index (χ1) is 14.0. The molecule has 148 valence electrons. The first kappa shape index (κ1) is 20.0. The first-order valence-electron chi connectivity index (χ1n) is 8.97. The molecule has 3 aromatic rings. The zero-order valence-electron chi connectivity index (χ0n) is 16.1. The summed E-state index contributed by atoms with van der Waals surface area (Å²) >= 11 is 0. The number of halogens is 1. The molecule has 0 bridgehead atoms. The van der Waals surface area contributed by atoms with Crippen molar-refractivity contribution < 1.29 is 13.9 Å². The summed E-state index contributed by atoms with van der Waals surface area (Å²) in [5.41, 5.74) is 2.34. The van der Waals surface area contributed by atoms with Crippen LogP contribution in [0.15, 0.2) is 72.0 Å². The number of carbonyl (C=O) groups excluding carboxylic acids is 1. The second-order valence-corrected chi connectivity index (χ2v) is 6.29. The topological polar surface area (TPSA) is 75.6 Å². The fraction of sp³-hybridized carbons (Fsp3) is 0.136. The van der Waals surface area contributed by atoms with Crippen LogP contribution in [0.5, 0.6) is 5.75 Å². The summed E-state index contributed by atoms with van der Waals surface area (Å²) in [6, 6.07) is 15.2. The summed E-state index contributed by atoms with van der Waals surface area (Å²) in [5.74, 6) is 0.0670. The van der Waals surface area contributed by atoms with E-state index >= 15 is 0 Å². The fourth-order valence-electron chi connectivity index (χ4n) is 2.49. The second kappa shape index (κ2) is 9.45. The molecular formula is C22H21FN4O2. The van der Waals surface area contributed by atoms with Gasteiger partial charge in [0, 0.05) is 23.6 Å². The number of nitrogens with one attached hydrogen (secondary N) is 2. The van der Waals surface area contributed by atoms with Gasteiger partial charge in [-0.1, -0.05) is 6.07 Å². The van der Waals surface area contributed by atoms with E-state index in [1.54, 1.807) is 62.8 Å². The Balaban J connectivity index is 1.80. The van der Waals surface area contributed by atoms with Gasteiger partial charge in [-0.15, -0.1) is 0 Å². The van der Waals surface area contributed by atoms with Gasteiger partial charge in [-0.3, -0.25) is 15.1 Å². The average Bonchev–Trinajstić information content (AvgIpc) is 2.75. The van der Waals surface area contributed by atoms with Gasteiger partial charge in [0.15, 0.2) is 0 Å². The number of ether oxygens (including phenoxy) is 1. The first-order valence-corrected chi connectivity index (χ1v) is 8.97. The fourth-order valence-corrected chi connectivity index (χ4v) is 2.49. The Kier molecular flexibility index (Phi) is 6.52. The number of aromatic nitrogens is 1. The molecule has 0 saturated carbocycles. The SMILES string of the molecule is COc1ccc(NC(=NCc2ccncc2)NC(=O)c2ccc(C)c(F)c2)cc1. The summed E-state index contributed by atoms with van der Waals surface area (Å²) in [5, 5.41) is 5.79. The van der Waals surface area contributed by atoms with E-state index in [0.717, 1.165) is 11.3 Å². The third kappa shape index (κ3) is 5.62. The van der Waals surface area contributed by atoms with E-state index in [1.165, 1.54) is 6.07 Å². The highest BCUT2D eigenvalue weighted by atomic mass is 19.1. The Bertz CT molecular complexity index is 1010. The molecule has 3 rings (SSSR count). The summed E-state index contributed by atoms with van der Waals surface area (Å²) in [6.07, 6.45) is 3.35. The van der Waals surface area contributed by atoms with Gasteiger partial charge in [0.05, 0.1) is 13.7 Å². The number of rotatable bonds is 5. The van der Waals surface area contributed by atoms with Crippen LogP contribution in [0, 0.1) is 12.7 Å². The molecule has 7 heteroatoms. The van der Waals surface area contributed by atoms with Gasteiger partial charge in [0.1, 0.15) is 11.6 Å². The second-order valence-electron chi connectivity index (χ2n) is 6.29. The lowest BCUT2D eigenvalue weighted by atomic mass is 10.1. The van der Waals surface area contributed by atoms with Crippen molar-refractivity contribution in [3.05, 3.63) is 89.5 Å². The molecule has 0 aliphatic rings. The molecule has 0 aliphatic carbocycles. The van der Waals surface area contributed by atoms with Gasteiger partial charge >= 0.3 is 0 Å². The van der Waals surface area contributed by atoms with Crippen molar-refractivity contribution >= 4 is 17.6 Å². The van der Waals surface area contributed by atoms with Crippen LogP contribution in [0.3, 0.4) is 0 Å². The van der Waals surface area contributed by atoms with Gasteiger partial charge in [0.2, 0.25) is 5.96 Å². The number of nitrogens with zero attached hydrogens (tertiary/aromatic N) is 2. The molecule has 29 heavy (non-hydrogen) atoms. The number of amides is 1. The standard InChI is InChI=1S/C22H21FN4O2/c1-15-3-4-17(13-20(15)23)21(28)27-22(25-14-16-9-11-24-12-10-16)26-18-5-7-19(29-2)8-6-18/h3-13H,14H2,1-2H3,(H2,25,26,27,28). The van der Waals surface area contributed by atoms with Crippen molar-refractivity contribution in [1.29, 1.82) is 0 Å². The van der Waals surface area contributed by atoms with Crippen LogP contribution in [-0.2, 0) is 6.54 Å².